The maximum absolute atomic E-state index is 12.9. The van der Waals surface area contributed by atoms with Crippen LogP contribution in [0.4, 0.5) is 0 Å². The van der Waals surface area contributed by atoms with E-state index in [1.807, 2.05) is 0 Å². The first-order valence-corrected chi connectivity index (χ1v) is 10.5. The van der Waals surface area contributed by atoms with Crippen molar-refractivity contribution in [1.82, 2.24) is 25.9 Å². The molecule has 194 valence electrons. The summed E-state index contributed by atoms with van der Waals surface area (Å²) < 4.78 is 0. The molecule has 1 rings (SSSR count). The Morgan fingerprint density at radius 2 is 1.63 bits per heavy atom. The van der Waals surface area contributed by atoms with Gasteiger partial charge in [-0.25, -0.2) is 9.78 Å². The van der Waals surface area contributed by atoms with Gasteiger partial charge in [0.15, 0.2) is 5.96 Å². The molecule has 0 saturated carbocycles. The Labute approximate surface area is 200 Å². The number of nitrogens with one attached hydrogen (secondary N) is 4. The molecule has 0 fully saturated rings. The van der Waals surface area contributed by atoms with Crippen molar-refractivity contribution in [3.05, 3.63) is 18.2 Å². The Morgan fingerprint density at radius 1 is 1.03 bits per heavy atom. The normalized spacial score (nSPS) is 14.0. The number of aliphatic carboxylic acids is 2. The van der Waals surface area contributed by atoms with E-state index in [0.29, 0.717) is 5.69 Å². The summed E-state index contributed by atoms with van der Waals surface area (Å²) in [6, 6.07) is -5.19. The Kier molecular flexibility index (Phi) is 11.6. The number of carbonyl (C=O) groups excluding carboxylic acids is 3. The van der Waals surface area contributed by atoms with Gasteiger partial charge in [-0.15, -0.1) is 0 Å². The third-order valence-corrected chi connectivity index (χ3v) is 4.60. The van der Waals surface area contributed by atoms with Gasteiger partial charge in [-0.2, -0.15) is 0 Å². The molecular formula is C19H31N9O7. The molecule has 12 N–H and O–H groups in total. The van der Waals surface area contributed by atoms with Gasteiger partial charge in [0.2, 0.25) is 17.7 Å². The van der Waals surface area contributed by atoms with E-state index in [1.54, 1.807) is 0 Å². The van der Waals surface area contributed by atoms with Crippen LogP contribution in [0.25, 0.3) is 0 Å². The number of imidazole rings is 1. The van der Waals surface area contributed by atoms with E-state index >= 15 is 0 Å². The highest BCUT2D eigenvalue weighted by molar-refractivity contribution is 5.95. The topological polar surface area (TPSA) is 281 Å². The summed E-state index contributed by atoms with van der Waals surface area (Å²) in [4.78, 5) is 70.8. The smallest absolute Gasteiger partial charge is 0.326 e. The second-order valence-electron chi connectivity index (χ2n) is 7.64. The van der Waals surface area contributed by atoms with Crippen molar-refractivity contribution in [2.24, 2.45) is 22.2 Å². The first kappa shape index (κ1) is 28.8. The first-order valence-electron chi connectivity index (χ1n) is 10.5. The third-order valence-electron chi connectivity index (χ3n) is 4.60. The highest BCUT2D eigenvalue weighted by Crippen LogP contribution is 2.04. The summed E-state index contributed by atoms with van der Waals surface area (Å²) >= 11 is 0. The molecule has 16 heteroatoms. The molecule has 3 amide bonds. The quantitative estimate of drug-likeness (QED) is 0.0647. The molecule has 35 heavy (non-hydrogen) atoms. The van der Waals surface area contributed by atoms with Crippen LogP contribution in [0, 0.1) is 0 Å². The van der Waals surface area contributed by atoms with Gasteiger partial charge in [0.25, 0.3) is 0 Å². The summed E-state index contributed by atoms with van der Waals surface area (Å²) in [5.74, 6) is -5.54. The fourth-order valence-corrected chi connectivity index (χ4v) is 2.82. The Hall–Kier alpha value is -4.21. The number of guanidine groups is 1. The molecule has 4 unspecified atom stereocenters. The van der Waals surface area contributed by atoms with Crippen LogP contribution in [-0.4, -0.2) is 86.5 Å². The highest BCUT2D eigenvalue weighted by atomic mass is 16.4. The Balaban J connectivity index is 2.96. The molecule has 0 aliphatic heterocycles. The lowest BCUT2D eigenvalue weighted by molar-refractivity contribution is -0.143. The zero-order chi connectivity index (χ0) is 26.5. The van der Waals surface area contributed by atoms with Crippen LogP contribution >= 0.6 is 0 Å². The van der Waals surface area contributed by atoms with Crippen LogP contribution in [0.15, 0.2) is 17.5 Å². The number of H-pyrrole nitrogens is 1. The lowest BCUT2D eigenvalue weighted by atomic mass is 10.1. The predicted molar refractivity (Wildman–Crippen MR) is 122 cm³/mol. The van der Waals surface area contributed by atoms with E-state index in [0.717, 1.165) is 0 Å². The second-order valence-corrected chi connectivity index (χ2v) is 7.64. The van der Waals surface area contributed by atoms with E-state index in [1.165, 1.54) is 19.4 Å². The Bertz CT molecular complexity index is 914. The number of aliphatic imine (C=N–C) groups is 1. The summed E-state index contributed by atoms with van der Waals surface area (Å²) in [6.07, 6.45) is 2.03. The summed E-state index contributed by atoms with van der Waals surface area (Å²) in [6.45, 7) is 1.52. The van der Waals surface area contributed by atoms with Crippen LogP contribution in [0.2, 0.25) is 0 Å². The van der Waals surface area contributed by atoms with E-state index in [9.17, 15) is 34.2 Å². The summed E-state index contributed by atoms with van der Waals surface area (Å²) in [7, 11) is 0. The highest BCUT2D eigenvalue weighted by Gasteiger charge is 2.31. The molecule has 0 spiro atoms. The average Bonchev–Trinajstić information content (AvgIpc) is 3.27. The minimum absolute atomic E-state index is 0.0571. The van der Waals surface area contributed by atoms with E-state index in [4.69, 9.17) is 17.2 Å². The number of aromatic amines is 1. The molecule has 0 aliphatic rings. The number of carboxylic acid groups (broad SMARTS) is 2. The van der Waals surface area contributed by atoms with Crippen molar-refractivity contribution in [3.8, 4) is 0 Å². The number of hydrogen-bond donors (Lipinski definition) is 9. The van der Waals surface area contributed by atoms with Crippen LogP contribution in [0.5, 0.6) is 0 Å². The van der Waals surface area contributed by atoms with Gasteiger partial charge < -0.3 is 48.3 Å². The first-order chi connectivity index (χ1) is 16.4. The van der Waals surface area contributed by atoms with E-state index < -0.39 is 60.2 Å². The fraction of sp³-hybridized carbons (Fsp3) is 0.526. The maximum Gasteiger partial charge on any atom is 0.326 e. The van der Waals surface area contributed by atoms with Crippen LogP contribution in [0.1, 0.15) is 31.9 Å². The molecule has 0 saturated heterocycles. The molecule has 0 aliphatic carbocycles. The molecule has 1 aromatic heterocycles. The van der Waals surface area contributed by atoms with Gasteiger partial charge in [-0.1, -0.05) is 0 Å². The molecule has 4 atom stereocenters. The van der Waals surface area contributed by atoms with Gasteiger partial charge in [-0.05, 0) is 19.8 Å². The Morgan fingerprint density at radius 3 is 2.14 bits per heavy atom. The van der Waals surface area contributed by atoms with Gasteiger partial charge in [0.1, 0.15) is 18.1 Å². The maximum atomic E-state index is 12.9. The standard InChI is InChI=1S/C19H31N9O7/c1-9(20)15(31)27-12(5-10-7-23-8-25-10)16(32)28-13(6-14(29)30)17(33)26-11(18(34)35)3-2-4-24-19(21)22/h7-9,11-13H,2-6,20H2,1H3,(H,23,25)(H,26,33)(H,27,31)(H,28,32)(H,29,30)(H,34,35)(H4,21,22,24). The molecular weight excluding hydrogens is 466 g/mol. The lowest BCUT2D eigenvalue weighted by Crippen LogP contribution is -2.57. The molecule has 0 aromatic carbocycles. The van der Waals surface area contributed by atoms with Gasteiger partial charge in [0.05, 0.1) is 18.8 Å². The minimum atomic E-state index is -1.63. The van der Waals surface area contributed by atoms with Crippen molar-refractivity contribution < 1.29 is 34.2 Å². The SMILES string of the molecule is CC(N)C(=O)NC(Cc1cnc[nH]1)C(=O)NC(CC(=O)O)C(=O)NC(CCCN=C(N)N)C(=O)O. The number of hydrogen-bond acceptors (Lipinski definition) is 8. The van der Waals surface area contributed by atoms with Crippen molar-refractivity contribution in [2.45, 2.75) is 56.8 Å². The number of nitrogens with zero attached hydrogens (tertiary/aromatic N) is 2. The number of carbonyl (C=O) groups is 5. The summed E-state index contributed by atoms with van der Waals surface area (Å²) in [5.41, 5.74) is 16.4. The molecule has 0 bridgehead atoms. The number of nitrogens with two attached hydrogens (primary N) is 3. The van der Waals surface area contributed by atoms with Gasteiger partial charge in [0, 0.05) is 24.9 Å². The van der Waals surface area contributed by atoms with E-state index in [-0.39, 0.29) is 31.8 Å². The van der Waals surface area contributed by atoms with Crippen LogP contribution in [0.3, 0.4) is 0 Å². The van der Waals surface area contributed by atoms with Crippen LogP contribution in [-0.2, 0) is 30.4 Å². The fourth-order valence-electron chi connectivity index (χ4n) is 2.82. The number of aromatic nitrogens is 2. The van der Waals surface area contributed by atoms with Crippen molar-refractivity contribution in [2.75, 3.05) is 6.54 Å². The minimum Gasteiger partial charge on any atom is -0.481 e. The lowest BCUT2D eigenvalue weighted by Gasteiger charge is -2.24. The molecule has 1 heterocycles. The number of amides is 3. The molecule has 1 aromatic rings. The number of carboxylic acids is 2. The molecule has 16 nitrogen and oxygen atoms in total. The monoisotopic (exact) mass is 497 g/mol. The van der Waals surface area contributed by atoms with Crippen molar-refractivity contribution in [1.29, 1.82) is 0 Å². The zero-order valence-electron chi connectivity index (χ0n) is 19.1. The second kappa shape index (κ2) is 14.1. The van der Waals surface area contributed by atoms with Crippen LogP contribution < -0.4 is 33.2 Å². The van der Waals surface area contributed by atoms with Gasteiger partial charge in [-0.3, -0.25) is 24.2 Å². The number of rotatable bonds is 15. The predicted octanol–water partition coefficient (Wildman–Crippen LogP) is -3.63. The van der Waals surface area contributed by atoms with E-state index in [2.05, 4.69) is 30.9 Å². The zero-order valence-corrected chi connectivity index (χ0v) is 19.1. The third kappa shape index (κ3) is 11.0. The van der Waals surface area contributed by atoms with Crippen molar-refractivity contribution in [3.63, 3.8) is 0 Å². The summed E-state index contributed by atoms with van der Waals surface area (Å²) in [5, 5.41) is 25.5. The van der Waals surface area contributed by atoms with Gasteiger partial charge >= 0.3 is 11.9 Å². The largest absolute Gasteiger partial charge is 0.481 e. The molecule has 0 radical (unpaired) electrons. The van der Waals surface area contributed by atoms with Crippen molar-refractivity contribution >= 4 is 35.6 Å². The average molecular weight is 498 g/mol.